The number of rotatable bonds is 3. The van der Waals surface area contributed by atoms with Gasteiger partial charge in [-0.15, -0.1) is 15.3 Å². The zero-order valence-corrected chi connectivity index (χ0v) is 11.1. The number of hydrogen-bond acceptors (Lipinski definition) is 7. The minimum absolute atomic E-state index is 0.0834. The van der Waals surface area contributed by atoms with E-state index in [2.05, 4.69) is 45.9 Å². The lowest BCUT2D eigenvalue weighted by atomic mass is 9.91. The Balaban J connectivity index is 2.36. The van der Waals surface area contributed by atoms with E-state index in [1.54, 1.807) is 0 Å². The predicted molar refractivity (Wildman–Crippen MR) is 64.7 cm³/mol. The SMILES string of the molecule is CNCc1nnc(-c2snnc2C(C)(C)C)o1. The highest BCUT2D eigenvalue weighted by atomic mass is 32.1. The minimum Gasteiger partial charge on any atom is -0.418 e. The molecule has 0 radical (unpaired) electrons. The van der Waals surface area contributed by atoms with Crippen LogP contribution in [0.4, 0.5) is 0 Å². The quantitative estimate of drug-likeness (QED) is 0.895. The first-order valence-corrected chi connectivity index (χ1v) is 6.10. The van der Waals surface area contributed by atoms with Gasteiger partial charge in [0, 0.05) is 5.41 Å². The van der Waals surface area contributed by atoms with Crippen LogP contribution in [0.1, 0.15) is 32.4 Å². The van der Waals surface area contributed by atoms with Crippen molar-refractivity contribution in [3.05, 3.63) is 11.6 Å². The van der Waals surface area contributed by atoms with Gasteiger partial charge in [0.05, 0.1) is 12.2 Å². The van der Waals surface area contributed by atoms with E-state index in [4.69, 9.17) is 4.42 Å². The summed E-state index contributed by atoms with van der Waals surface area (Å²) in [4.78, 5) is 0.854. The lowest BCUT2D eigenvalue weighted by Gasteiger charge is -2.14. The Kier molecular flexibility index (Phi) is 3.21. The van der Waals surface area contributed by atoms with Crippen molar-refractivity contribution >= 4 is 11.5 Å². The Morgan fingerprint density at radius 2 is 2.00 bits per heavy atom. The minimum atomic E-state index is -0.0834. The molecule has 0 amide bonds. The van der Waals surface area contributed by atoms with Gasteiger partial charge in [-0.2, -0.15) is 0 Å². The molecule has 0 bridgehead atoms. The molecule has 7 heteroatoms. The Morgan fingerprint density at radius 1 is 1.24 bits per heavy atom. The molecule has 2 heterocycles. The molecule has 0 unspecified atom stereocenters. The van der Waals surface area contributed by atoms with Crippen LogP contribution in [0.15, 0.2) is 4.42 Å². The van der Waals surface area contributed by atoms with Crippen molar-refractivity contribution in [1.82, 2.24) is 25.1 Å². The van der Waals surface area contributed by atoms with Crippen LogP contribution in [0.5, 0.6) is 0 Å². The molecule has 0 aliphatic rings. The highest BCUT2D eigenvalue weighted by Gasteiger charge is 2.26. The Morgan fingerprint density at radius 3 is 2.65 bits per heavy atom. The van der Waals surface area contributed by atoms with Crippen molar-refractivity contribution in [3.63, 3.8) is 0 Å². The van der Waals surface area contributed by atoms with Crippen molar-refractivity contribution in [2.45, 2.75) is 32.7 Å². The fourth-order valence-corrected chi connectivity index (χ4v) is 2.19. The molecule has 92 valence electrons. The van der Waals surface area contributed by atoms with Crippen molar-refractivity contribution in [2.75, 3.05) is 7.05 Å². The third-order valence-corrected chi connectivity index (χ3v) is 2.90. The van der Waals surface area contributed by atoms with E-state index >= 15 is 0 Å². The number of aromatic nitrogens is 4. The first kappa shape index (κ1) is 12.1. The highest BCUT2D eigenvalue weighted by Crippen LogP contribution is 2.32. The van der Waals surface area contributed by atoms with Gasteiger partial charge < -0.3 is 9.73 Å². The van der Waals surface area contributed by atoms with Crippen molar-refractivity contribution in [3.8, 4) is 10.8 Å². The smallest absolute Gasteiger partial charge is 0.261 e. The maximum Gasteiger partial charge on any atom is 0.261 e. The van der Waals surface area contributed by atoms with Crippen LogP contribution in [-0.2, 0) is 12.0 Å². The van der Waals surface area contributed by atoms with Crippen molar-refractivity contribution in [1.29, 1.82) is 0 Å². The van der Waals surface area contributed by atoms with Crippen LogP contribution in [0.3, 0.4) is 0 Å². The average molecular weight is 253 g/mol. The second-order valence-corrected chi connectivity index (χ2v) is 5.49. The lowest BCUT2D eigenvalue weighted by molar-refractivity contribution is 0.488. The van der Waals surface area contributed by atoms with Gasteiger partial charge in [-0.3, -0.25) is 0 Å². The molecule has 6 nitrogen and oxygen atoms in total. The van der Waals surface area contributed by atoms with E-state index in [0.29, 0.717) is 18.3 Å². The van der Waals surface area contributed by atoms with Gasteiger partial charge in [0.25, 0.3) is 5.89 Å². The van der Waals surface area contributed by atoms with Gasteiger partial charge in [0.15, 0.2) is 0 Å². The zero-order chi connectivity index (χ0) is 12.5. The molecule has 1 N–H and O–H groups in total. The van der Waals surface area contributed by atoms with Crippen LogP contribution in [0.2, 0.25) is 0 Å². The molecule has 0 aromatic carbocycles. The van der Waals surface area contributed by atoms with Crippen molar-refractivity contribution in [2.24, 2.45) is 0 Å². The normalized spacial score (nSPS) is 12.0. The lowest BCUT2D eigenvalue weighted by Crippen LogP contribution is -2.13. The second-order valence-electron chi connectivity index (χ2n) is 4.73. The Hall–Kier alpha value is -1.34. The van der Waals surface area contributed by atoms with Crippen LogP contribution >= 0.6 is 11.5 Å². The topological polar surface area (TPSA) is 76.7 Å². The molecule has 0 fully saturated rings. The maximum absolute atomic E-state index is 5.55. The number of nitrogens with one attached hydrogen (secondary N) is 1. The summed E-state index contributed by atoms with van der Waals surface area (Å²) in [5.74, 6) is 1.06. The summed E-state index contributed by atoms with van der Waals surface area (Å²) < 4.78 is 9.52. The van der Waals surface area contributed by atoms with Crippen LogP contribution in [0, 0.1) is 0 Å². The highest BCUT2D eigenvalue weighted by molar-refractivity contribution is 7.09. The first-order chi connectivity index (χ1) is 8.02. The average Bonchev–Trinajstić information content (AvgIpc) is 2.82. The zero-order valence-electron chi connectivity index (χ0n) is 10.3. The van der Waals surface area contributed by atoms with E-state index < -0.39 is 0 Å². The monoisotopic (exact) mass is 253 g/mol. The van der Waals surface area contributed by atoms with Crippen LogP contribution < -0.4 is 5.32 Å². The largest absolute Gasteiger partial charge is 0.418 e. The predicted octanol–water partition coefficient (Wildman–Crippen LogP) is 1.60. The maximum atomic E-state index is 5.55. The molecule has 0 spiro atoms. The fourth-order valence-electron chi connectivity index (χ4n) is 1.39. The summed E-state index contributed by atoms with van der Waals surface area (Å²) in [6.07, 6.45) is 0. The Bertz CT molecular complexity index is 499. The summed E-state index contributed by atoms with van der Waals surface area (Å²) >= 11 is 1.28. The molecule has 0 aliphatic heterocycles. The summed E-state index contributed by atoms with van der Waals surface area (Å²) in [5, 5.41) is 15.1. The second kappa shape index (κ2) is 4.50. The van der Waals surface area contributed by atoms with Crippen LogP contribution in [0.25, 0.3) is 10.8 Å². The molecule has 2 rings (SSSR count). The number of hydrogen-bond donors (Lipinski definition) is 1. The molecule has 2 aromatic heterocycles. The first-order valence-electron chi connectivity index (χ1n) is 5.32. The van der Waals surface area contributed by atoms with Gasteiger partial charge in [-0.1, -0.05) is 25.3 Å². The van der Waals surface area contributed by atoms with Gasteiger partial charge in [-0.05, 0) is 18.6 Å². The summed E-state index contributed by atoms with van der Waals surface area (Å²) in [7, 11) is 1.83. The third-order valence-electron chi connectivity index (χ3n) is 2.19. The van der Waals surface area contributed by atoms with E-state index in [0.717, 1.165) is 10.6 Å². The fraction of sp³-hybridized carbons (Fsp3) is 0.600. The molecule has 2 aromatic rings. The molecule has 0 atom stereocenters. The van der Waals surface area contributed by atoms with Crippen molar-refractivity contribution < 1.29 is 4.42 Å². The van der Waals surface area contributed by atoms with Gasteiger partial charge in [-0.25, -0.2) is 0 Å². The molecule has 17 heavy (non-hydrogen) atoms. The Labute approximate surface area is 104 Å². The molecule has 0 aliphatic carbocycles. The van der Waals surface area contributed by atoms with E-state index in [1.165, 1.54) is 11.5 Å². The molecular formula is C10H15N5OS. The standard InChI is InChI=1S/C10H15N5OS/c1-10(2,3)8-7(17-15-13-8)9-14-12-6(16-9)5-11-4/h11H,5H2,1-4H3. The molecule has 0 saturated heterocycles. The summed E-state index contributed by atoms with van der Waals surface area (Å²) in [6, 6.07) is 0. The van der Waals surface area contributed by atoms with Gasteiger partial charge >= 0.3 is 0 Å². The van der Waals surface area contributed by atoms with Crippen LogP contribution in [-0.4, -0.2) is 26.8 Å². The van der Waals surface area contributed by atoms with Gasteiger partial charge in [0.2, 0.25) is 5.89 Å². The third kappa shape index (κ3) is 2.50. The van der Waals surface area contributed by atoms with E-state index in [9.17, 15) is 0 Å². The molecular weight excluding hydrogens is 238 g/mol. The molecule has 0 saturated carbocycles. The summed E-state index contributed by atoms with van der Waals surface area (Å²) in [5.41, 5.74) is 0.808. The van der Waals surface area contributed by atoms with Gasteiger partial charge in [0.1, 0.15) is 4.88 Å². The summed E-state index contributed by atoms with van der Waals surface area (Å²) in [6.45, 7) is 6.80. The van der Waals surface area contributed by atoms with E-state index in [1.807, 2.05) is 7.05 Å². The number of nitrogens with zero attached hydrogens (tertiary/aromatic N) is 4. The van der Waals surface area contributed by atoms with E-state index in [-0.39, 0.29) is 5.41 Å².